The Hall–Kier alpha value is -1.81. The highest BCUT2D eigenvalue weighted by atomic mass is 16.5. The van der Waals surface area contributed by atoms with Crippen molar-refractivity contribution in [2.24, 2.45) is 0 Å². The minimum absolute atomic E-state index is 0.0226. The zero-order valence-electron chi connectivity index (χ0n) is 13.2. The number of methoxy groups -OCH3 is 1. The first-order valence-electron chi connectivity index (χ1n) is 7.10. The van der Waals surface area contributed by atoms with Crippen molar-refractivity contribution < 1.29 is 19.1 Å². The van der Waals surface area contributed by atoms with Crippen molar-refractivity contribution >= 4 is 16.9 Å². The number of hydrogen-bond acceptors (Lipinski definition) is 3. The van der Waals surface area contributed by atoms with E-state index in [2.05, 4.69) is 33.8 Å². The van der Waals surface area contributed by atoms with E-state index in [9.17, 15) is 9.90 Å². The van der Waals surface area contributed by atoms with Crippen LogP contribution in [0.5, 0.6) is 0 Å². The fourth-order valence-corrected chi connectivity index (χ4v) is 2.53. The van der Waals surface area contributed by atoms with Gasteiger partial charge in [0.2, 0.25) is 5.76 Å². The lowest BCUT2D eigenvalue weighted by Gasteiger charge is -2.20. The lowest BCUT2D eigenvalue weighted by molar-refractivity contribution is 0.0658. The topological polar surface area (TPSA) is 59.7 Å². The number of hydrogen-bond donors (Lipinski definition) is 1. The highest BCUT2D eigenvalue weighted by Crippen LogP contribution is 2.36. The lowest BCUT2D eigenvalue weighted by Crippen LogP contribution is -2.12. The molecular weight excluding hydrogens is 268 g/mol. The van der Waals surface area contributed by atoms with Crippen LogP contribution in [0.1, 0.15) is 54.9 Å². The van der Waals surface area contributed by atoms with Gasteiger partial charge in [-0.3, -0.25) is 0 Å². The van der Waals surface area contributed by atoms with Crippen LogP contribution >= 0.6 is 0 Å². The Morgan fingerprint density at radius 1 is 1.33 bits per heavy atom. The molecule has 0 aliphatic carbocycles. The third-order valence-corrected chi connectivity index (χ3v) is 3.65. The number of aryl methyl sites for hydroxylation is 1. The van der Waals surface area contributed by atoms with E-state index in [1.165, 1.54) is 5.56 Å². The normalized spacial score (nSPS) is 12.0. The first-order valence-corrected chi connectivity index (χ1v) is 7.10. The Bertz CT molecular complexity index is 674. The van der Waals surface area contributed by atoms with Gasteiger partial charge in [0.05, 0.1) is 6.61 Å². The van der Waals surface area contributed by atoms with Crippen LogP contribution in [0.4, 0.5) is 0 Å². The fraction of sp³-hybridized carbons (Fsp3) is 0.471. The van der Waals surface area contributed by atoms with Crippen LogP contribution in [0.25, 0.3) is 11.0 Å². The van der Waals surface area contributed by atoms with E-state index in [-0.39, 0.29) is 17.8 Å². The summed E-state index contributed by atoms with van der Waals surface area (Å²) in [5.74, 6) is -1.08. The molecule has 2 aromatic rings. The predicted molar refractivity (Wildman–Crippen MR) is 82.0 cm³/mol. The molecular formula is C17H22O4. The Morgan fingerprint density at radius 3 is 2.48 bits per heavy atom. The smallest absolute Gasteiger partial charge is 0.372 e. The minimum atomic E-state index is -1.06. The second kappa shape index (κ2) is 5.53. The van der Waals surface area contributed by atoms with Gasteiger partial charge in [-0.15, -0.1) is 0 Å². The molecule has 21 heavy (non-hydrogen) atoms. The van der Waals surface area contributed by atoms with E-state index in [4.69, 9.17) is 9.15 Å². The SMILES string of the molecule is CCc1cc(C(C)(C)C)c2oc(C(=O)O)c(COC)c2c1. The Morgan fingerprint density at radius 2 is 2.00 bits per heavy atom. The first kappa shape index (κ1) is 15.6. The molecule has 0 saturated carbocycles. The fourth-order valence-electron chi connectivity index (χ4n) is 2.53. The number of fused-ring (bicyclic) bond motifs is 1. The second-order valence-corrected chi connectivity index (χ2v) is 6.27. The van der Waals surface area contributed by atoms with Gasteiger partial charge in [-0.05, 0) is 23.5 Å². The molecule has 0 spiro atoms. The molecule has 1 aromatic carbocycles. The van der Waals surface area contributed by atoms with Crippen LogP contribution in [0, 0.1) is 0 Å². The van der Waals surface area contributed by atoms with E-state index in [0.717, 1.165) is 17.4 Å². The molecule has 0 bridgehead atoms. The maximum Gasteiger partial charge on any atom is 0.372 e. The summed E-state index contributed by atoms with van der Waals surface area (Å²) in [5, 5.41) is 10.2. The molecule has 0 atom stereocenters. The quantitative estimate of drug-likeness (QED) is 0.919. The van der Waals surface area contributed by atoms with Gasteiger partial charge in [0.25, 0.3) is 0 Å². The summed E-state index contributed by atoms with van der Waals surface area (Å²) in [6.45, 7) is 8.60. The van der Waals surface area contributed by atoms with Gasteiger partial charge < -0.3 is 14.3 Å². The molecule has 0 saturated heterocycles. The summed E-state index contributed by atoms with van der Waals surface area (Å²) in [6, 6.07) is 4.11. The zero-order valence-corrected chi connectivity index (χ0v) is 13.2. The molecule has 114 valence electrons. The van der Waals surface area contributed by atoms with E-state index in [1.54, 1.807) is 7.11 Å². The van der Waals surface area contributed by atoms with Gasteiger partial charge in [-0.2, -0.15) is 0 Å². The molecule has 0 radical (unpaired) electrons. The molecule has 0 amide bonds. The summed E-state index contributed by atoms with van der Waals surface area (Å²) >= 11 is 0. The van der Waals surface area contributed by atoms with Gasteiger partial charge in [-0.1, -0.05) is 33.8 Å². The number of carboxylic acid groups (broad SMARTS) is 1. The molecule has 2 rings (SSSR count). The molecule has 0 unspecified atom stereocenters. The lowest BCUT2D eigenvalue weighted by atomic mass is 9.84. The van der Waals surface area contributed by atoms with Crippen molar-refractivity contribution in [2.45, 2.75) is 46.1 Å². The van der Waals surface area contributed by atoms with Crippen LogP contribution in [-0.2, 0) is 23.2 Å². The molecule has 1 heterocycles. The van der Waals surface area contributed by atoms with E-state index in [1.807, 2.05) is 6.07 Å². The van der Waals surface area contributed by atoms with Crippen molar-refractivity contribution in [2.75, 3.05) is 7.11 Å². The highest BCUT2D eigenvalue weighted by Gasteiger charge is 2.26. The van der Waals surface area contributed by atoms with Crippen molar-refractivity contribution in [3.05, 3.63) is 34.6 Å². The van der Waals surface area contributed by atoms with Crippen LogP contribution in [0.2, 0.25) is 0 Å². The maximum absolute atomic E-state index is 11.4. The second-order valence-electron chi connectivity index (χ2n) is 6.27. The van der Waals surface area contributed by atoms with Gasteiger partial charge in [-0.25, -0.2) is 4.79 Å². The zero-order chi connectivity index (χ0) is 15.8. The van der Waals surface area contributed by atoms with E-state index >= 15 is 0 Å². The van der Waals surface area contributed by atoms with Crippen LogP contribution in [-0.4, -0.2) is 18.2 Å². The van der Waals surface area contributed by atoms with Crippen molar-refractivity contribution in [1.29, 1.82) is 0 Å². The van der Waals surface area contributed by atoms with Crippen LogP contribution in [0.3, 0.4) is 0 Å². The summed E-state index contributed by atoms with van der Waals surface area (Å²) in [4.78, 5) is 11.4. The van der Waals surface area contributed by atoms with Crippen LogP contribution in [0.15, 0.2) is 16.5 Å². The molecule has 0 fully saturated rings. The summed E-state index contributed by atoms with van der Waals surface area (Å²) in [6.07, 6.45) is 0.888. The molecule has 0 aliphatic heterocycles. The van der Waals surface area contributed by atoms with E-state index < -0.39 is 5.97 Å². The average Bonchev–Trinajstić information content (AvgIpc) is 2.76. The van der Waals surface area contributed by atoms with Gasteiger partial charge in [0.1, 0.15) is 5.58 Å². The largest absolute Gasteiger partial charge is 0.475 e. The Balaban J connectivity index is 2.87. The Kier molecular flexibility index (Phi) is 4.10. The standard InChI is InChI=1S/C17H22O4/c1-6-10-7-11-12(9-20-5)15(16(18)19)21-14(11)13(8-10)17(2,3)4/h7-8H,6,9H2,1-5H3,(H,18,19). The van der Waals surface area contributed by atoms with Gasteiger partial charge in [0, 0.05) is 23.6 Å². The molecule has 1 aromatic heterocycles. The summed E-state index contributed by atoms with van der Waals surface area (Å²) in [5.41, 5.74) is 3.34. The monoisotopic (exact) mass is 290 g/mol. The molecule has 1 N–H and O–H groups in total. The number of ether oxygens (including phenoxy) is 1. The van der Waals surface area contributed by atoms with Crippen molar-refractivity contribution in [3.8, 4) is 0 Å². The minimum Gasteiger partial charge on any atom is -0.475 e. The third kappa shape index (κ3) is 2.81. The number of rotatable bonds is 4. The average molecular weight is 290 g/mol. The van der Waals surface area contributed by atoms with Crippen LogP contribution < -0.4 is 0 Å². The number of furan rings is 1. The number of carboxylic acids is 1. The Labute approximate surface area is 124 Å². The van der Waals surface area contributed by atoms with Gasteiger partial charge >= 0.3 is 5.97 Å². The summed E-state index contributed by atoms with van der Waals surface area (Å²) < 4.78 is 10.9. The molecule has 4 heteroatoms. The maximum atomic E-state index is 11.4. The number of benzene rings is 1. The first-order chi connectivity index (χ1) is 9.79. The molecule has 4 nitrogen and oxygen atoms in total. The van der Waals surface area contributed by atoms with Crippen molar-refractivity contribution in [3.63, 3.8) is 0 Å². The van der Waals surface area contributed by atoms with Crippen molar-refractivity contribution in [1.82, 2.24) is 0 Å². The van der Waals surface area contributed by atoms with E-state index in [0.29, 0.717) is 11.1 Å². The number of carbonyl (C=O) groups is 1. The predicted octanol–water partition coefficient (Wildman–Crippen LogP) is 4.14. The summed E-state index contributed by atoms with van der Waals surface area (Å²) in [7, 11) is 1.55. The van der Waals surface area contributed by atoms with Gasteiger partial charge in [0.15, 0.2) is 0 Å². The molecule has 0 aliphatic rings. The number of aromatic carboxylic acids is 1. The third-order valence-electron chi connectivity index (χ3n) is 3.65. The highest BCUT2D eigenvalue weighted by molar-refractivity contribution is 5.96.